The van der Waals surface area contributed by atoms with Crippen LogP contribution in [0.4, 0.5) is 9.59 Å². The fraction of sp³-hybridized carbons (Fsp3) is 0. The fourth-order valence-corrected chi connectivity index (χ4v) is 0. The van der Waals surface area contributed by atoms with Gasteiger partial charge in [0.1, 0.15) is 0 Å². The minimum atomic E-state index is -2.33. The molecule has 12 nitrogen and oxygen atoms in total. The molecule has 0 bridgehead atoms. The second-order valence-corrected chi connectivity index (χ2v) is 0.500. The molecule has 0 saturated heterocycles. The molecule has 0 aromatic heterocycles. The Balaban J connectivity index is -0.000000000824. The van der Waals surface area contributed by atoms with Gasteiger partial charge in [-0.2, -0.15) is 0 Å². The first kappa shape index (κ1) is 150. The van der Waals surface area contributed by atoms with Crippen LogP contribution >= 0.6 is 0 Å². The van der Waals surface area contributed by atoms with E-state index in [-0.39, 0.29) is 671 Å². The van der Waals surface area contributed by atoms with E-state index in [2.05, 4.69) is 0 Å². The SMILES string of the molecule is O=C([O-])[O-].O=C([O-])[O-].[K+].[K+].[K+].[K+].[K+].[K+].[K+].[K+].[K+].[K+].[K+].[K+].[O-2].[O-2].[O-2].[O-2].[O-2].[O-2].[Ti+4]. The minimum Gasteiger partial charge on any atom is -2.00 e. The molecule has 0 spiro atoms. The molecule has 0 radical (unpaired) electrons. The number of hydrogen-bond donors (Lipinski definition) is 0. The molecule has 0 rings (SSSR count). The first-order valence-corrected chi connectivity index (χ1v) is 1.22. The average Bonchev–Trinajstić information content (AvgIpc) is 1.25. The Morgan fingerprint density at radius 2 is 0.333 bits per heavy atom. The van der Waals surface area contributed by atoms with Crippen LogP contribution in [-0.4, -0.2) is 12.3 Å². The number of carboxylic acid groups (broad SMARTS) is 4. The monoisotopic (exact) mass is 731 g/mol. The normalized spacial score (nSPS) is 1.78. The van der Waals surface area contributed by atoms with Crippen molar-refractivity contribution in [1.29, 1.82) is 0 Å². The predicted molar refractivity (Wildman–Crippen MR) is 14.9 cm³/mol. The van der Waals surface area contributed by atoms with Gasteiger partial charge in [0.15, 0.2) is 0 Å². The maximum atomic E-state index is 8.33. The molecule has 0 aliphatic heterocycles. The summed E-state index contributed by atoms with van der Waals surface area (Å²) in [6.07, 6.45) is -4.67. The Morgan fingerprint density at radius 1 is 0.333 bits per heavy atom. The van der Waals surface area contributed by atoms with Crippen LogP contribution in [0.25, 0.3) is 0 Å². The van der Waals surface area contributed by atoms with Crippen molar-refractivity contribution in [3.63, 3.8) is 0 Å². The van der Waals surface area contributed by atoms with Crippen molar-refractivity contribution < 1.29 is 701 Å². The van der Waals surface area contributed by atoms with Crippen LogP contribution in [-0.2, 0) is 54.6 Å². The van der Waals surface area contributed by atoms with E-state index >= 15 is 0 Å². The zero-order valence-corrected chi connectivity index (χ0v) is 57.4. The topological polar surface area (TPSA) is 297 Å². The van der Waals surface area contributed by atoms with E-state index in [9.17, 15) is 0 Å². The first-order valence-electron chi connectivity index (χ1n) is 1.22. The number of rotatable bonds is 0. The van der Waals surface area contributed by atoms with Gasteiger partial charge in [-0.15, -0.1) is 0 Å². The largest absolute Gasteiger partial charge is 4.00 e. The van der Waals surface area contributed by atoms with Crippen LogP contribution in [0.15, 0.2) is 0 Å². The van der Waals surface area contributed by atoms with Gasteiger partial charge in [0.05, 0.1) is 0 Å². The van der Waals surface area contributed by atoms with Crippen molar-refractivity contribution in [2.75, 3.05) is 0 Å². The molecule has 0 aliphatic carbocycles. The Kier molecular flexibility index (Phi) is 777. The summed E-state index contributed by atoms with van der Waals surface area (Å²) in [5.74, 6) is 0. The maximum Gasteiger partial charge on any atom is 4.00 e. The van der Waals surface area contributed by atoms with E-state index < -0.39 is 12.3 Å². The molecule has 0 atom stereocenters. The molecule has 0 saturated carbocycles. The molecule has 25 heteroatoms. The van der Waals surface area contributed by atoms with Crippen molar-refractivity contribution in [2.24, 2.45) is 0 Å². The molecule has 0 aromatic rings. The Labute approximate surface area is 685 Å². The zero-order chi connectivity index (χ0) is 7.15. The van der Waals surface area contributed by atoms with Gasteiger partial charge in [-0.3, -0.25) is 0 Å². The molecular formula is C2K12O12Ti. The predicted octanol–water partition coefficient (Wildman–Crippen LogP) is -41.6. The van der Waals surface area contributed by atoms with Crippen LogP contribution in [0.5, 0.6) is 0 Å². The van der Waals surface area contributed by atoms with Gasteiger partial charge in [0, 0.05) is 0 Å². The van der Waals surface area contributed by atoms with E-state index in [1.165, 1.54) is 0 Å². The summed E-state index contributed by atoms with van der Waals surface area (Å²) >= 11 is 0. The van der Waals surface area contributed by atoms with Gasteiger partial charge in [-0.05, 0) is 12.3 Å². The number of carbonyl (C=O) groups excluding carboxylic acids is 2. The summed E-state index contributed by atoms with van der Waals surface area (Å²) in [6.45, 7) is 0. The maximum absolute atomic E-state index is 8.33. The molecule has 0 fully saturated rings. The van der Waals surface area contributed by atoms with Gasteiger partial charge < -0.3 is 62.9 Å². The van der Waals surface area contributed by atoms with Crippen molar-refractivity contribution in [3.05, 3.63) is 0 Å². The van der Waals surface area contributed by atoms with Crippen LogP contribution in [0.1, 0.15) is 0 Å². The van der Waals surface area contributed by atoms with Gasteiger partial charge in [-0.25, -0.2) is 0 Å². The molecule has 0 N–H and O–H groups in total. The van der Waals surface area contributed by atoms with Gasteiger partial charge in [-0.1, -0.05) is 0 Å². The summed E-state index contributed by atoms with van der Waals surface area (Å²) in [4.78, 5) is 16.7. The summed E-state index contributed by atoms with van der Waals surface area (Å²) in [6, 6.07) is 0. The van der Waals surface area contributed by atoms with Crippen LogP contribution in [0.3, 0.4) is 0 Å². The third-order valence-corrected chi connectivity index (χ3v) is 0. The second kappa shape index (κ2) is 140. The van der Waals surface area contributed by atoms with E-state index in [1.807, 2.05) is 0 Å². The van der Waals surface area contributed by atoms with Crippen molar-refractivity contribution in [1.82, 2.24) is 0 Å². The quantitative estimate of drug-likeness (QED) is 0.218. The Bertz CT molecular complexity index is 98.4. The molecule has 0 aliphatic rings. The van der Waals surface area contributed by atoms with E-state index in [0.717, 1.165) is 0 Å². The van der Waals surface area contributed by atoms with Crippen molar-refractivity contribution in [3.8, 4) is 0 Å². The smallest absolute Gasteiger partial charge is 2.00 e. The third kappa shape index (κ3) is 234. The van der Waals surface area contributed by atoms with E-state index in [4.69, 9.17) is 30.0 Å². The molecule has 0 amide bonds. The van der Waals surface area contributed by atoms with Crippen LogP contribution < -0.4 is 637 Å². The number of carbonyl (C=O) groups is 2. The fourth-order valence-electron chi connectivity index (χ4n) is 0. The standard InChI is InChI=1S/2CH2O3.12K.6O.Ti/c2*2-1(3)4;;;;;;;;;;;;;;;;;;;/h2*(H2,2,3,4);;;;;;;;;;;;;;;;;;;/q;;12*+1;6*-2;+4/p-4. The summed E-state index contributed by atoms with van der Waals surface area (Å²) in [5.41, 5.74) is 0. The van der Waals surface area contributed by atoms with Gasteiger partial charge in [0.2, 0.25) is 0 Å². The minimum absolute atomic E-state index is 0. The second-order valence-electron chi connectivity index (χ2n) is 0.500. The van der Waals surface area contributed by atoms with E-state index in [0.29, 0.717) is 0 Å². The molecule has 96 valence electrons. The molecule has 27 heavy (non-hydrogen) atoms. The van der Waals surface area contributed by atoms with Crippen molar-refractivity contribution >= 4 is 12.3 Å². The van der Waals surface area contributed by atoms with E-state index in [1.54, 1.807) is 0 Å². The summed E-state index contributed by atoms with van der Waals surface area (Å²) in [7, 11) is 0. The molecule has 0 aromatic carbocycles. The van der Waals surface area contributed by atoms with Gasteiger partial charge >= 0.3 is 638 Å². The summed E-state index contributed by atoms with van der Waals surface area (Å²) in [5, 5.41) is 33.3. The Morgan fingerprint density at radius 3 is 0.333 bits per heavy atom. The zero-order valence-electron chi connectivity index (χ0n) is 18.4. The van der Waals surface area contributed by atoms with Crippen molar-refractivity contribution in [2.45, 2.75) is 0 Å². The first-order chi connectivity index (χ1) is 3.46. The molecule has 0 unspecified atom stereocenters. The Hall–Kier alpha value is 18.7. The van der Waals surface area contributed by atoms with Crippen LogP contribution in [0.2, 0.25) is 0 Å². The third-order valence-electron chi connectivity index (χ3n) is 0. The molecule has 0 heterocycles. The number of hydrogen-bond acceptors (Lipinski definition) is 6. The molecular weight excluding hydrogens is 733 g/mol. The van der Waals surface area contributed by atoms with Crippen LogP contribution in [0, 0.1) is 0 Å². The summed E-state index contributed by atoms with van der Waals surface area (Å²) < 4.78 is 0. The van der Waals surface area contributed by atoms with Gasteiger partial charge in [0.25, 0.3) is 0 Å². The average molecular weight is 733 g/mol.